The second kappa shape index (κ2) is 8.22. The number of aliphatic carboxylic acids is 1. The molecule has 0 saturated carbocycles. The summed E-state index contributed by atoms with van der Waals surface area (Å²) in [5.41, 5.74) is -2.22. The lowest BCUT2D eigenvalue weighted by Crippen LogP contribution is -2.17. The highest BCUT2D eigenvalue weighted by atomic mass is 32.2. The molecule has 12 heteroatoms. The smallest absolute Gasteiger partial charge is 0.416 e. The normalized spacial score (nSPS) is 11.8. The second-order valence-electron chi connectivity index (χ2n) is 6.22. The lowest BCUT2D eigenvalue weighted by atomic mass is 10.1. The van der Waals surface area contributed by atoms with Crippen LogP contribution in [-0.2, 0) is 21.0 Å². The largest absolute Gasteiger partial charge is 0.481 e. The van der Waals surface area contributed by atoms with Crippen LogP contribution < -0.4 is 9.46 Å². The van der Waals surface area contributed by atoms with E-state index in [9.17, 15) is 31.2 Å². The van der Waals surface area contributed by atoms with Gasteiger partial charge in [-0.2, -0.15) is 13.2 Å². The van der Waals surface area contributed by atoms with Crippen molar-refractivity contribution in [2.24, 2.45) is 0 Å². The molecular formula is C18H16F3NO7S. The summed E-state index contributed by atoms with van der Waals surface area (Å²) in [7, 11) is -4.46. The van der Waals surface area contributed by atoms with Gasteiger partial charge in [0.05, 0.1) is 21.7 Å². The number of anilines is 1. The number of alkyl halides is 3. The number of sulfonamides is 1. The zero-order valence-corrected chi connectivity index (χ0v) is 16.4. The number of carboxylic acids is 2. The van der Waals surface area contributed by atoms with Crippen LogP contribution in [0.25, 0.3) is 0 Å². The van der Waals surface area contributed by atoms with E-state index in [1.165, 1.54) is 19.1 Å². The molecule has 0 aliphatic rings. The molecule has 0 fully saturated rings. The van der Waals surface area contributed by atoms with Gasteiger partial charge in [0.1, 0.15) is 5.75 Å². The highest BCUT2D eigenvalue weighted by Crippen LogP contribution is 2.34. The molecule has 0 aliphatic carbocycles. The molecule has 0 saturated heterocycles. The van der Waals surface area contributed by atoms with E-state index in [4.69, 9.17) is 14.9 Å². The standard InChI is InChI=1S/C18H16F3NO7S/c1-9-3-4-14(10(2)16(9)29-8-15(23)24)30(27,28)22-13-6-11(17(25)26)5-12(7-13)18(19,20)21/h3-7,22H,8H2,1-2H3,(H,23,24)(H,25,26). The van der Waals surface area contributed by atoms with Gasteiger partial charge < -0.3 is 14.9 Å². The van der Waals surface area contributed by atoms with Crippen LogP contribution in [0.15, 0.2) is 35.2 Å². The second-order valence-corrected chi connectivity index (χ2v) is 7.88. The number of aromatic carboxylic acids is 1. The lowest BCUT2D eigenvalue weighted by Gasteiger charge is -2.16. The molecule has 3 N–H and O–H groups in total. The molecule has 0 radical (unpaired) electrons. The summed E-state index contributed by atoms with van der Waals surface area (Å²) in [5.74, 6) is -2.96. The van der Waals surface area contributed by atoms with Crippen molar-refractivity contribution in [1.82, 2.24) is 0 Å². The van der Waals surface area contributed by atoms with Crippen LogP contribution in [0.4, 0.5) is 18.9 Å². The fraction of sp³-hybridized carbons (Fsp3) is 0.222. The van der Waals surface area contributed by atoms with Crippen LogP contribution in [-0.4, -0.2) is 37.2 Å². The van der Waals surface area contributed by atoms with Gasteiger partial charge in [-0.15, -0.1) is 0 Å². The molecule has 0 unspecified atom stereocenters. The predicted molar refractivity (Wildman–Crippen MR) is 98.3 cm³/mol. The van der Waals surface area contributed by atoms with Gasteiger partial charge in [-0.25, -0.2) is 18.0 Å². The van der Waals surface area contributed by atoms with Gasteiger partial charge in [-0.1, -0.05) is 6.07 Å². The number of ether oxygens (including phenoxy) is 1. The molecule has 2 aromatic carbocycles. The molecule has 30 heavy (non-hydrogen) atoms. The zero-order chi connectivity index (χ0) is 22.9. The minimum Gasteiger partial charge on any atom is -0.481 e. The number of carboxylic acid groups (broad SMARTS) is 2. The van der Waals surface area contributed by atoms with E-state index >= 15 is 0 Å². The number of rotatable bonds is 7. The van der Waals surface area contributed by atoms with Gasteiger partial charge in [0, 0.05) is 5.56 Å². The highest BCUT2D eigenvalue weighted by Gasteiger charge is 2.32. The third-order valence-corrected chi connectivity index (χ3v) is 5.47. The quantitative estimate of drug-likeness (QED) is 0.594. The van der Waals surface area contributed by atoms with Crippen molar-refractivity contribution in [2.45, 2.75) is 24.9 Å². The van der Waals surface area contributed by atoms with Crippen LogP contribution in [0, 0.1) is 13.8 Å². The van der Waals surface area contributed by atoms with Crippen LogP contribution in [0.1, 0.15) is 27.0 Å². The third-order valence-electron chi connectivity index (χ3n) is 3.94. The minimum atomic E-state index is -4.90. The third kappa shape index (κ3) is 5.20. The van der Waals surface area contributed by atoms with E-state index in [0.717, 1.165) is 6.07 Å². The number of hydrogen-bond donors (Lipinski definition) is 3. The van der Waals surface area contributed by atoms with E-state index in [-0.39, 0.29) is 16.2 Å². The SMILES string of the molecule is Cc1ccc(S(=O)(=O)Nc2cc(C(=O)O)cc(C(F)(F)F)c2)c(C)c1OCC(=O)O. The van der Waals surface area contributed by atoms with E-state index in [0.29, 0.717) is 17.7 Å². The van der Waals surface area contributed by atoms with Crippen LogP contribution in [0.5, 0.6) is 5.75 Å². The Kier molecular flexibility index (Phi) is 6.30. The number of carbonyl (C=O) groups is 2. The van der Waals surface area contributed by atoms with Gasteiger partial charge in [-0.05, 0) is 43.7 Å². The zero-order valence-electron chi connectivity index (χ0n) is 15.6. The molecule has 0 amide bonds. The van der Waals surface area contributed by atoms with E-state index < -0.39 is 51.6 Å². The summed E-state index contributed by atoms with van der Waals surface area (Å²) in [6, 6.07) is 4.12. The Morgan fingerprint density at radius 2 is 1.73 bits per heavy atom. The number of nitrogens with one attached hydrogen (secondary N) is 1. The molecule has 0 atom stereocenters. The van der Waals surface area contributed by atoms with E-state index in [1.54, 1.807) is 6.92 Å². The molecule has 0 spiro atoms. The fourth-order valence-corrected chi connectivity index (χ4v) is 3.92. The summed E-state index contributed by atoms with van der Waals surface area (Å²) < 4.78 is 71.7. The number of benzene rings is 2. The van der Waals surface area contributed by atoms with E-state index in [2.05, 4.69) is 0 Å². The van der Waals surface area contributed by atoms with Gasteiger partial charge in [-0.3, -0.25) is 4.72 Å². The molecule has 2 rings (SSSR count). The average Bonchev–Trinajstić information content (AvgIpc) is 2.59. The Morgan fingerprint density at radius 1 is 1.10 bits per heavy atom. The van der Waals surface area contributed by atoms with Gasteiger partial charge in [0.25, 0.3) is 10.0 Å². The Labute approximate surface area is 169 Å². The molecule has 0 bridgehead atoms. The summed E-state index contributed by atoms with van der Waals surface area (Å²) in [6.45, 7) is 2.17. The first-order chi connectivity index (χ1) is 13.7. The Balaban J connectivity index is 2.51. The van der Waals surface area contributed by atoms with Crippen molar-refractivity contribution in [3.8, 4) is 5.75 Å². The maximum absolute atomic E-state index is 13.0. The fourth-order valence-electron chi connectivity index (χ4n) is 2.64. The molecule has 8 nitrogen and oxygen atoms in total. The maximum atomic E-state index is 13.0. The summed E-state index contributed by atoms with van der Waals surface area (Å²) in [4.78, 5) is 21.5. The monoisotopic (exact) mass is 447 g/mol. The highest BCUT2D eigenvalue weighted by molar-refractivity contribution is 7.92. The molecular weight excluding hydrogens is 431 g/mol. The van der Waals surface area contributed by atoms with E-state index in [1.807, 2.05) is 4.72 Å². The molecule has 2 aromatic rings. The van der Waals surface area contributed by atoms with Crippen LogP contribution in [0.2, 0.25) is 0 Å². The van der Waals surface area contributed by atoms with Gasteiger partial charge in [0.15, 0.2) is 6.61 Å². The first-order valence-electron chi connectivity index (χ1n) is 8.15. The van der Waals surface area contributed by atoms with Crippen molar-refractivity contribution < 1.29 is 46.1 Å². The summed E-state index contributed by atoms with van der Waals surface area (Å²) >= 11 is 0. The molecule has 0 aliphatic heterocycles. The molecule has 0 heterocycles. The van der Waals surface area contributed by atoms with Crippen molar-refractivity contribution in [1.29, 1.82) is 0 Å². The van der Waals surface area contributed by atoms with Crippen molar-refractivity contribution in [2.75, 3.05) is 11.3 Å². The summed E-state index contributed by atoms with van der Waals surface area (Å²) in [5, 5.41) is 17.8. The topological polar surface area (TPSA) is 130 Å². The Bertz CT molecular complexity index is 1110. The Morgan fingerprint density at radius 3 is 2.27 bits per heavy atom. The average molecular weight is 447 g/mol. The Hall–Kier alpha value is -3.28. The first-order valence-corrected chi connectivity index (χ1v) is 9.64. The lowest BCUT2D eigenvalue weighted by molar-refractivity contribution is -0.139. The number of aryl methyl sites for hydroxylation is 1. The predicted octanol–water partition coefficient (Wildman–Crippen LogP) is 3.28. The van der Waals surface area contributed by atoms with Crippen molar-refractivity contribution >= 4 is 27.6 Å². The minimum absolute atomic E-state index is 0.00413. The first kappa shape index (κ1) is 23.0. The summed E-state index contributed by atoms with van der Waals surface area (Å²) in [6.07, 6.45) is -4.90. The van der Waals surface area contributed by atoms with Gasteiger partial charge in [0.2, 0.25) is 0 Å². The van der Waals surface area contributed by atoms with Crippen LogP contribution >= 0.6 is 0 Å². The number of hydrogen-bond acceptors (Lipinski definition) is 5. The molecule has 162 valence electrons. The van der Waals surface area contributed by atoms with Crippen molar-refractivity contribution in [3.63, 3.8) is 0 Å². The molecule has 0 aromatic heterocycles. The van der Waals surface area contributed by atoms with Crippen LogP contribution in [0.3, 0.4) is 0 Å². The van der Waals surface area contributed by atoms with Crippen molar-refractivity contribution in [3.05, 3.63) is 52.6 Å². The van der Waals surface area contributed by atoms with Gasteiger partial charge >= 0.3 is 18.1 Å². The maximum Gasteiger partial charge on any atom is 0.416 e. The number of halogens is 3.